The maximum atomic E-state index is 13.1. The number of nitro groups is 1. The van der Waals surface area contributed by atoms with E-state index in [1.807, 2.05) is 18.2 Å². The Morgan fingerprint density at radius 1 is 1.11 bits per heavy atom. The second kappa shape index (κ2) is 7.96. The molecular formula is C19H20F3N3O2. The molecule has 8 heteroatoms. The molecule has 144 valence electrons. The van der Waals surface area contributed by atoms with Gasteiger partial charge in [0.15, 0.2) is 0 Å². The summed E-state index contributed by atoms with van der Waals surface area (Å²) in [6.07, 6.45) is -3.17. The van der Waals surface area contributed by atoms with Gasteiger partial charge in [-0.2, -0.15) is 13.2 Å². The highest BCUT2D eigenvalue weighted by molar-refractivity contribution is 5.55. The van der Waals surface area contributed by atoms with Crippen LogP contribution in [0.4, 0.5) is 24.5 Å². The summed E-state index contributed by atoms with van der Waals surface area (Å²) in [4.78, 5) is 12.1. The first-order valence-electron chi connectivity index (χ1n) is 8.71. The Balaban J connectivity index is 1.61. The van der Waals surface area contributed by atoms with Gasteiger partial charge in [-0.1, -0.05) is 30.3 Å². The molecule has 2 aromatic rings. The lowest BCUT2D eigenvalue weighted by atomic mass is 10.0. The van der Waals surface area contributed by atoms with Gasteiger partial charge >= 0.3 is 6.18 Å². The number of nitro benzene ring substituents is 1. The molecule has 0 spiro atoms. The Morgan fingerprint density at radius 3 is 2.37 bits per heavy atom. The molecule has 0 aromatic heterocycles. The van der Waals surface area contributed by atoms with Gasteiger partial charge < -0.3 is 5.32 Å². The molecule has 0 atom stereocenters. The zero-order valence-electron chi connectivity index (χ0n) is 14.6. The second-order valence-electron chi connectivity index (χ2n) is 6.67. The van der Waals surface area contributed by atoms with Gasteiger partial charge in [-0.05, 0) is 30.5 Å². The van der Waals surface area contributed by atoms with Crippen molar-refractivity contribution in [2.45, 2.75) is 31.6 Å². The van der Waals surface area contributed by atoms with Crippen LogP contribution in [0.5, 0.6) is 0 Å². The summed E-state index contributed by atoms with van der Waals surface area (Å²) in [5.41, 5.74) is -0.659. The third kappa shape index (κ3) is 4.97. The quantitative estimate of drug-likeness (QED) is 0.605. The molecule has 1 fully saturated rings. The van der Waals surface area contributed by atoms with Gasteiger partial charge in [-0.15, -0.1) is 0 Å². The van der Waals surface area contributed by atoms with Crippen molar-refractivity contribution in [3.8, 4) is 0 Å². The standard InChI is InChI=1S/C19H20F3N3O2/c20-19(21,22)17-12-16(6-7-18(17)25(26)27)23-15-8-10-24(11-9-15)13-14-4-2-1-3-5-14/h1-7,12,15,23H,8-11,13H2. The summed E-state index contributed by atoms with van der Waals surface area (Å²) < 4.78 is 39.3. The van der Waals surface area contributed by atoms with E-state index in [0.29, 0.717) is 0 Å². The molecule has 1 aliphatic heterocycles. The van der Waals surface area contributed by atoms with Crippen LogP contribution < -0.4 is 5.32 Å². The fourth-order valence-corrected chi connectivity index (χ4v) is 3.32. The highest BCUT2D eigenvalue weighted by Crippen LogP contribution is 2.37. The third-order valence-corrected chi connectivity index (χ3v) is 4.71. The molecule has 3 rings (SSSR count). The number of nitrogens with one attached hydrogen (secondary N) is 1. The van der Waals surface area contributed by atoms with Crippen molar-refractivity contribution in [2.75, 3.05) is 18.4 Å². The smallest absolute Gasteiger partial charge is 0.382 e. The SMILES string of the molecule is O=[N+]([O-])c1ccc(NC2CCN(Cc3ccccc3)CC2)cc1C(F)(F)F. The fraction of sp³-hybridized carbons (Fsp3) is 0.368. The van der Waals surface area contributed by atoms with Crippen molar-refractivity contribution >= 4 is 11.4 Å². The molecule has 0 radical (unpaired) electrons. The van der Waals surface area contributed by atoms with Crippen LogP contribution in [0.25, 0.3) is 0 Å². The van der Waals surface area contributed by atoms with Crippen LogP contribution >= 0.6 is 0 Å². The van der Waals surface area contributed by atoms with Crippen molar-refractivity contribution in [1.82, 2.24) is 4.90 Å². The van der Waals surface area contributed by atoms with Gasteiger partial charge in [0.25, 0.3) is 5.69 Å². The number of rotatable bonds is 5. The maximum Gasteiger partial charge on any atom is 0.423 e. The number of piperidine rings is 1. The van der Waals surface area contributed by atoms with Crippen molar-refractivity contribution in [1.29, 1.82) is 0 Å². The van der Waals surface area contributed by atoms with Gasteiger partial charge in [0.2, 0.25) is 0 Å². The van der Waals surface area contributed by atoms with E-state index in [9.17, 15) is 23.3 Å². The van der Waals surface area contributed by atoms with Gasteiger partial charge in [0.1, 0.15) is 5.56 Å². The first-order valence-corrected chi connectivity index (χ1v) is 8.71. The number of alkyl halides is 3. The number of benzene rings is 2. The molecule has 27 heavy (non-hydrogen) atoms. The second-order valence-corrected chi connectivity index (χ2v) is 6.67. The fourth-order valence-electron chi connectivity index (χ4n) is 3.32. The van der Waals surface area contributed by atoms with Gasteiger partial charge in [0, 0.05) is 37.4 Å². The van der Waals surface area contributed by atoms with Crippen molar-refractivity contribution < 1.29 is 18.1 Å². The minimum Gasteiger partial charge on any atom is -0.382 e. The number of hydrogen-bond acceptors (Lipinski definition) is 4. The van der Waals surface area contributed by atoms with Crippen molar-refractivity contribution in [2.24, 2.45) is 0 Å². The Kier molecular flexibility index (Phi) is 5.65. The van der Waals surface area contributed by atoms with Crippen LogP contribution in [-0.2, 0) is 12.7 Å². The molecule has 2 aromatic carbocycles. The van der Waals surface area contributed by atoms with E-state index in [4.69, 9.17) is 0 Å². The summed E-state index contributed by atoms with van der Waals surface area (Å²) in [5.74, 6) is 0. The largest absolute Gasteiger partial charge is 0.423 e. The minimum atomic E-state index is -4.76. The lowest BCUT2D eigenvalue weighted by Gasteiger charge is -2.33. The van der Waals surface area contributed by atoms with E-state index in [0.717, 1.165) is 44.6 Å². The average molecular weight is 379 g/mol. The van der Waals surface area contributed by atoms with Crippen LogP contribution in [0.2, 0.25) is 0 Å². The lowest BCUT2D eigenvalue weighted by molar-refractivity contribution is -0.388. The third-order valence-electron chi connectivity index (χ3n) is 4.71. The molecule has 0 unspecified atom stereocenters. The molecule has 1 aliphatic rings. The Morgan fingerprint density at radius 2 is 1.78 bits per heavy atom. The number of hydrogen-bond donors (Lipinski definition) is 1. The Labute approximate surface area is 154 Å². The summed E-state index contributed by atoms with van der Waals surface area (Å²) in [7, 11) is 0. The monoisotopic (exact) mass is 379 g/mol. The predicted octanol–water partition coefficient (Wildman–Crippen LogP) is 4.69. The van der Waals surface area contributed by atoms with Crippen LogP contribution in [-0.4, -0.2) is 29.0 Å². The summed E-state index contributed by atoms with van der Waals surface area (Å²) in [6, 6.07) is 13.2. The van der Waals surface area contributed by atoms with E-state index < -0.39 is 22.4 Å². The zero-order valence-corrected chi connectivity index (χ0v) is 14.6. The van der Waals surface area contributed by atoms with E-state index in [-0.39, 0.29) is 11.7 Å². The first-order chi connectivity index (χ1) is 12.8. The van der Waals surface area contributed by atoms with Gasteiger partial charge in [-0.3, -0.25) is 15.0 Å². The average Bonchev–Trinajstić information content (AvgIpc) is 2.63. The molecule has 1 N–H and O–H groups in total. The van der Waals surface area contributed by atoms with E-state index in [1.165, 1.54) is 11.6 Å². The van der Waals surface area contributed by atoms with Crippen LogP contribution in [0.1, 0.15) is 24.0 Å². The Hall–Kier alpha value is -2.61. The van der Waals surface area contributed by atoms with Crippen molar-refractivity contribution in [3.05, 3.63) is 69.8 Å². The first kappa shape index (κ1) is 19.2. The topological polar surface area (TPSA) is 58.4 Å². The number of halogens is 3. The molecular weight excluding hydrogens is 359 g/mol. The van der Waals surface area contributed by atoms with E-state index >= 15 is 0 Å². The zero-order chi connectivity index (χ0) is 19.4. The normalized spacial score (nSPS) is 16.3. The number of anilines is 1. The molecule has 5 nitrogen and oxygen atoms in total. The van der Waals surface area contributed by atoms with Gasteiger partial charge in [0.05, 0.1) is 4.92 Å². The lowest BCUT2D eigenvalue weighted by Crippen LogP contribution is -2.38. The summed E-state index contributed by atoms with van der Waals surface area (Å²) >= 11 is 0. The summed E-state index contributed by atoms with van der Waals surface area (Å²) in [6.45, 7) is 2.53. The number of nitrogens with zero attached hydrogens (tertiary/aromatic N) is 2. The number of likely N-dealkylation sites (tertiary alicyclic amines) is 1. The minimum absolute atomic E-state index is 0.0413. The van der Waals surface area contributed by atoms with E-state index in [2.05, 4.69) is 22.3 Å². The molecule has 0 amide bonds. The molecule has 0 aliphatic carbocycles. The summed E-state index contributed by atoms with van der Waals surface area (Å²) in [5, 5.41) is 13.9. The molecule has 0 bridgehead atoms. The predicted molar refractivity (Wildman–Crippen MR) is 96.5 cm³/mol. The van der Waals surface area contributed by atoms with E-state index in [1.54, 1.807) is 0 Å². The Bertz CT molecular complexity index is 789. The highest BCUT2D eigenvalue weighted by Gasteiger charge is 2.38. The van der Waals surface area contributed by atoms with Crippen LogP contribution in [0, 0.1) is 10.1 Å². The van der Waals surface area contributed by atoms with Gasteiger partial charge in [-0.25, -0.2) is 0 Å². The maximum absolute atomic E-state index is 13.1. The molecule has 1 saturated heterocycles. The van der Waals surface area contributed by atoms with Crippen LogP contribution in [0.15, 0.2) is 48.5 Å². The highest BCUT2D eigenvalue weighted by atomic mass is 19.4. The molecule has 1 heterocycles. The van der Waals surface area contributed by atoms with Crippen molar-refractivity contribution in [3.63, 3.8) is 0 Å². The van der Waals surface area contributed by atoms with Crippen LogP contribution in [0.3, 0.4) is 0 Å². The molecule has 0 saturated carbocycles.